The lowest BCUT2D eigenvalue weighted by Gasteiger charge is -2.09. The second-order valence-electron chi connectivity index (χ2n) is 8.70. The molecule has 0 N–H and O–H groups in total. The van der Waals surface area contributed by atoms with Crippen LogP contribution in [0.3, 0.4) is 0 Å². The van der Waals surface area contributed by atoms with Gasteiger partial charge in [0, 0.05) is 22.3 Å². The van der Waals surface area contributed by atoms with Crippen molar-refractivity contribution in [1.82, 2.24) is 0 Å². The summed E-state index contributed by atoms with van der Waals surface area (Å²) in [4.78, 5) is 0. The van der Waals surface area contributed by atoms with Gasteiger partial charge in [-0.3, -0.25) is 0 Å². The molecule has 34 heavy (non-hydrogen) atoms. The van der Waals surface area contributed by atoms with Crippen molar-refractivity contribution in [2.75, 3.05) is 0 Å². The highest BCUT2D eigenvalue weighted by Crippen LogP contribution is 2.31. The van der Waals surface area contributed by atoms with Crippen LogP contribution in [-0.4, -0.2) is 0 Å². The Bertz CT molecular complexity index is 1160. The van der Waals surface area contributed by atoms with Gasteiger partial charge < -0.3 is 0 Å². The maximum atomic E-state index is 15.1. The van der Waals surface area contributed by atoms with Gasteiger partial charge in [-0.2, -0.15) is 0 Å². The van der Waals surface area contributed by atoms with Crippen molar-refractivity contribution in [3.8, 4) is 11.8 Å². The zero-order valence-electron chi connectivity index (χ0n) is 20.6. The first-order chi connectivity index (χ1) is 16.5. The molecule has 0 atom stereocenters. The molecule has 0 aliphatic rings. The van der Waals surface area contributed by atoms with Gasteiger partial charge in [-0.05, 0) is 73.1 Å². The number of hydrogen-bond donors (Lipinski definition) is 0. The first-order valence-corrected chi connectivity index (χ1v) is 12.4. The quantitative estimate of drug-likeness (QED) is 0.222. The van der Waals surface area contributed by atoms with Crippen molar-refractivity contribution in [3.05, 3.63) is 106 Å². The van der Waals surface area contributed by atoms with Crippen LogP contribution in [0.4, 0.5) is 8.78 Å². The van der Waals surface area contributed by atoms with Crippen molar-refractivity contribution < 1.29 is 8.78 Å². The van der Waals surface area contributed by atoms with Gasteiger partial charge in [0.15, 0.2) is 11.7 Å². The van der Waals surface area contributed by atoms with Gasteiger partial charge in [0.2, 0.25) is 0 Å². The fourth-order valence-corrected chi connectivity index (χ4v) is 3.90. The van der Waals surface area contributed by atoms with Crippen molar-refractivity contribution in [2.45, 2.75) is 65.7 Å². The fraction of sp³-hybridized carbons (Fsp3) is 0.312. The lowest BCUT2D eigenvalue weighted by Crippen LogP contribution is -1.93. The molecular weight excluding hydrogens is 422 g/mol. The molecule has 0 unspecified atom stereocenters. The normalized spacial score (nSPS) is 11.6. The number of rotatable bonds is 9. The lowest BCUT2D eigenvalue weighted by atomic mass is 9.98. The van der Waals surface area contributed by atoms with Crippen LogP contribution < -0.4 is 0 Å². The Morgan fingerprint density at radius 2 is 1.18 bits per heavy atom. The van der Waals surface area contributed by atoms with Gasteiger partial charge in [-0.1, -0.05) is 87.9 Å². The zero-order valence-corrected chi connectivity index (χ0v) is 20.6. The molecule has 0 radical (unpaired) electrons. The van der Waals surface area contributed by atoms with Gasteiger partial charge in [-0.25, -0.2) is 8.78 Å². The molecule has 176 valence electrons. The fourth-order valence-electron chi connectivity index (χ4n) is 3.90. The van der Waals surface area contributed by atoms with E-state index in [-0.39, 0.29) is 5.56 Å². The summed E-state index contributed by atoms with van der Waals surface area (Å²) in [6, 6.07) is 20.7. The van der Waals surface area contributed by atoms with E-state index in [1.54, 1.807) is 24.3 Å². The number of aryl methyl sites for hydroxylation is 3. The first-order valence-electron chi connectivity index (χ1n) is 12.4. The van der Waals surface area contributed by atoms with E-state index in [1.807, 2.05) is 37.3 Å². The molecule has 0 amide bonds. The van der Waals surface area contributed by atoms with Crippen LogP contribution in [0.5, 0.6) is 0 Å². The van der Waals surface area contributed by atoms with E-state index < -0.39 is 11.7 Å². The van der Waals surface area contributed by atoms with Gasteiger partial charge in [0.1, 0.15) is 0 Å². The molecular formula is C32H34F2. The molecule has 0 saturated heterocycles. The minimum atomic E-state index is -0.821. The van der Waals surface area contributed by atoms with Crippen molar-refractivity contribution in [3.63, 3.8) is 0 Å². The first kappa shape index (κ1) is 25.4. The molecule has 3 aromatic rings. The van der Waals surface area contributed by atoms with Gasteiger partial charge >= 0.3 is 0 Å². The van der Waals surface area contributed by atoms with Crippen LogP contribution in [0, 0.1) is 11.8 Å². The van der Waals surface area contributed by atoms with E-state index in [4.69, 9.17) is 0 Å². The smallest absolute Gasteiger partial charge is 0.166 e. The maximum absolute atomic E-state index is 15.1. The number of benzene rings is 3. The maximum Gasteiger partial charge on any atom is 0.166 e. The van der Waals surface area contributed by atoms with E-state index >= 15 is 4.39 Å². The monoisotopic (exact) mass is 456 g/mol. The Morgan fingerprint density at radius 1 is 0.647 bits per heavy atom. The van der Waals surface area contributed by atoms with Gasteiger partial charge in [0.05, 0.1) is 0 Å². The van der Waals surface area contributed by atoms with Crippen molar-refractivity contribution >= 4 is 11.7 Å². The Morgan fingerprint density at radius 3 is 1.74 bits per heavy atom. The summed E-state index contributed by atoms with van der Waals surface area (Å²) in [5, 5.41) is 0. The van der Waals surface area contributed by atoms with Crippen LogP contribution in [-0.2, 0) is 19.3 Å². The van der Waals surface area contributed by atoms with E-state index in [2.05, 4.69) is 37.8 Å². The van der Waals surface area contributed by atoms with E-state index in [0.717, 1.165) is 47.9 Å². The SMILES string of the molecule is CCCCc1ccc(C#Cc2ccc(/C(F)=C(\F)c3ccc(CCCC)cc3)c(CC)c2)cc1. The van der Waals surface area contributed by atoms with Crippen LogP contribution in [0.15, 0.2) is 66.7 Å². The molecule has 0 heterocycles. The average molecular weight is 457 g/mol. The number of hydrogen-bond acceptors (Lipinski definition) is 0. The molecule has 3 aromatic carbocycles. The topological polar surface area (TPSA) is 0 Å². The molecule has 3 rings (SSSR count). The van der Waals surface area contributed by atoms with Crippen LogP contribution in [0.2, 0.25) is 0 Å². The van der Waals surface area contributed by atoms with E-state index in [1.165, 1.54) is 18.4 Å². The van der Waals surface area contributed by atoms with Gasteiger partial charge in [0.25, 0.3) is 0 Å². The summed E-state index contributed by atoms with van der Waals surface area (Å²) in [7, 11) is 0. The third-order valence-electron chi connectivity index (χ3n) is 6.07. The highest BCUT2D eigenvalue weighted by molar-refractivity contribution is 5.84. The van der Waals surface area contributed by atoms with Crippen molar-refractivity contribution in [2.24, 2.45) is 0 Å². The second-order valence-corrected chi connectivity index (χ2v) is 8.70. The zero-order chi connectivity index (χ0) is 24.3. The summed E-state index contributed by atoms with van der Waals surface area (Å²) in [5.41, 5.74) is 5.52. The molecule has 2 heteroatoms. The predicted molar refractivity (Wildman–Crippen MR) is 141 cm³/mol. The summed E-state index contributed by atoms with van der Waals surface area (Å²) in [6.45, 7) is 6.27. The largest absolute Gasteiger partial charge is 0.203 e. The summed E-state index contributed by atoms with van der Waals surface area (Å²) < 4.78 is 30.1. The lowest BCUT2D eigenvalue weighted by molar-refractivity contribution is 0.698. The summed E-state index contributed by atoms with van der Waals surface area (Å²) >= 11 is 0. The predicted octanol–water partition coefficient (Wildman–Crippen LogP) is 9.10. The number of unbranched alkanes of at least 4 members (excludes halogenated alkanes) is 2. The third kappa shape index (κ3) is 6.91. The summed E-state index contributed by atoms with van der Waals surface area (Å²) in [5.74, 6) is 4.71. The molecule has 0 saturated carbocycles. The Kier molecular flexibility index (Phi) is 9.65. The van der Waals surface area contributed by atoms with Crippen LogP contribution >= 0.6 is 0 Å². The molecule has 0 fully saturated rings. The standard InChI is InChI=1S/C32H34F2/c1-4-7-9-24-11-13-26(14-12-24)15-16-27-19-22-30(28(6-3)23-27)32(34)31(33)29-20-17-25(18-21-29)10-8-5-2/h11-14,17-23H,4-10H2,1-3H3/b32-31+. The molecule has 0 bridgehead atoms. The highest BCUT2D eigenvalue weighted by Gasteiger charge is 2.15. The third-order valence-corrected chi connectivity index (χ3v) is 6.07. The van der Waals surface area contributed by atoms with Crippen LogP contribution in [0.25, 0.3) is 11.7 Å². The number of halogens is 2. The molecule has 0 aliphatic heterocycles. The Hall–Kier alpha value is -3.18. The van der Waals surface area contributed by atoms with Gasteiger partial charge in [-0.15, -0.1) is 0 Å². The minimum Gasteiger partial charge on any atom is -0.203 e. The summed E-state index contributed by atoms with van der Waals surface area (Å²) in [6.07, 6.45) is 7.20. The highest BCUT2D eigenvalue weighted by atomic mass is 19.2. The van der Waals surface area contributed by atoms with E-state index in [0.29, 0.717) is 12.0 Å². The molecule has 0 aliphatic carbocycles. The van der Waals surface area contributed by atoms with Crippen molar-refractivity contribution in [1.29, 1.82) is 0 Å². The minimum absolute atomic E-state index is 0.269. The Balaban J connectivity index is 1.80. The second kappa shape index (κ2) is 12.9. The molecule has 0 spiro atoms. The molecule has 0 aromatic heterocycles. The Labute approximate surface area is 203 Å². The van der Waals surface area contributed by atoms with Crippen LogP contribution in [0.1, 0.15) is 85.4 Å². The molecule has 0 nitrogen and oxygen atoms in total. The average Bonchev–Trinajstić information content (AvgIpc) is 2.89. The van der Waals surface area contributed by atoms with E-state index in [9.17, 15) is 4.39 Å².